The van der Waals surface area contributed by atoms with Gasteiger partial charge in [-0.15, -0.1) is 0 Å². The molecule has 2 rings (SSSR count). The van der Waals surface area contributed by atoms with Gasteiger partial charge in [0.15, 0.2) is 9.84 Å². The first-order chi connectivity index (χ1) is 9.29. The third-order valence-corrected chi connectivity index (χ3v) is 4.68. The van der Waals surface area contributed by atoms with Crippen LogP contribution < -0.4 is 5.73 Å². The van der Waals surface area contributed by atoms with Crippen LogP contribution in [0.15, 0.2) is 41.3 Å². The van der Waals surface area contributed by atoms with Gasteiger partial charge in [-0.2, -0.15) is 0 Å². The first kappa shape index (κ1) is 14.5. The molecule has 6 heteroatoms. The molecule has 0 saturated carbocycles. The number of rotatable bonds is 3. The van der Waals surface area contributed by atoms with Crippen LogP contribution in [0.4, 0.5) is 14.5 Å². The fourth-order valence-corrected chi connectivity index (χ4v) is 3.45. The lowest BCUT2D eigenvalue weighted by molar-refractivity contribution is 0.590. The maximum absolute atomic E-state index is 13.2. The van der Waals surface area contributed by atoms with Crippen molar-refractivity contribution in [3.63, 3.8) is 0 Å². The highest BCUT2D eigenvalue weighted by molar-refractivity contribution is 7.90. The van der Waals surface area contributed by atoms with Gasteiger partial charge in [0.25, 0.3) is 0 Å². The first-order valence-electron chi connectivity index (χ1n) is 5.82. The Bertz CT molecular complexity index is 758. The molecule has 0 bridgehead atoms. The number of hydrogen-bond donors (Lipinski definition) is 1. The van der Waals surface area contributed by atoms with E-state index in [-0.39, 0.29) is 10.6 Å². The molecule has 0 saturated heterocycles. The summed E-state index contributed by atoms with van der Waals surface area (Å²) >= 11 is 0. The van der Waals surface area contributed by atoms with Gasteiger partial charge < -0.3 is 5.73 Å². The fourth-order valence-electron chi connectivity index (χ4n) is 1.86. The Hall–Kier alpha value is -1.95. The van der Waals surface area contributed by atoms with Crippen LogP contribution in [0.3, 0.4) is 0 Å². The summed E-state index contributed by atoms with van der Waals surface area (Å²) in [5.41, 5.74) is 6.52. The monoisotopic (exact) mass is 297 g/mol. The highest BCUT2D eigenvalue weighted by Crippen LogP contribution is 2.24. The summed E-state index contributed by atoms with van der Waals surface area (Å²) < 4.78 is 50.9. The number of hydrogen-bond acceptors (Lipinski definition) is 3. The number of sulfone groups is 1. The van der Waals surface area contributed by atoms with Crippen molar-refractivity contribution >= 4 is 15.5 Å². The molecule has 2 N–H and O–H groups in total. The number of anilines is 1. The number of halogens is 2. The molecule has 0 aromatic heterocycles. The molecule has 0 unspecified atom stereocenters. The quantitative estimate of drug-likeness (QED) is 0.886. The molecule has 106 valence electrons. The SMILES string of the molecule is Cc1ccc(F)cc1CS(=O)(=O)c1cc(F)ccc1N. The number of nitrogens with two attached hydrogens (primary N) is 1. The summed E-state index contributed by atoms with van der Waals surface area (Å²) in [5, 5.41) is 0. The van der Waals surface area contributed by atoms with Gasteiger partial charge in [-0.3, -0.25) is 0 Å². The van der Waals surface area contributed by atoms with E-state index in [2.05, 4.69) is 0 Å². The van der Waals surface area contributed by atoms with Crippen molar-refractivity contribution in [2.24, 2.45) is 0 Å². The smallest absolute Gasteiger partial charge is 0.184 e. The predicted octanol–water partition coefficient (Wildman–Crippen LogP) is 2.83. The zero-order valence-corrected chi connectivity index (χ0v) is 11.5. The van der Waals surface area contributed by atoms with E-state index in [1.807, 2.05) is 0 Å². The Morgan fingerprint density at radius 1 is 1.05 bits per heavy atom. The molecule has 0 fully saturated rings. The molecule has 3 nitrogen and oxygen atoms in total. The molecule has 20 heavy (non-hydrogen) atoms. The van der Waals surface area contributed by atoms with E-state index >= 15 is 0 Å². The Kier molecular flexibility index (Phi) is 3.76. The van der Waals surface area contributed by atoms with E-state index in [9.17, 15) is 17.2 Å². The second kappa shape index (κ2) is 5.20. The average molecular weight is 297 g/mol. The molecule has 0 heterocycles. The van der Waals surface area contributed by atoms with Gasteiger partial charge in [0.2, 0.25) is 0 Å². The van der Waals surface area contributed by atoms with Gasteiger partial charge in [-0.1, -0.05) is 6.07 Å². The van der Waals surface area contributed by atoms with Crippen LogP contribution in [0.1, 0.15) is 11.1 Å². The van der Waals surface area contributed by atoms with Gasteiger partial charge >= 0.3 is 0 Å². The highest BCUT2D eigenvalue weighted by atomic mass is 32.2. The minimum Gasteiger partial charge on any atom is -0.398 e. The van der Waals surface area contributed by atoms with Crippen molar-refractivity contribution in [1.82, 2.24) is 0 Å². The second-order valence-corrected chi connectivity index (χ2v) is 6.47. The molecular formula is C14H13F2NO2S. The van der Waals surface area contributed by atoms with Crippen LogP contribution >= 0.6 is 0 Å². The van der Waals surface area contributed by atoms with Crippen LogP contribution in [0, 0.1) is 18.6 Å². The molecule has 2 aromatic rings. The molecule has 0 atom stereocenters. The van der Waals surface area contributed by atoms with E-state index in [1.165, 1.54) is 18.2 Å². The molecule has 0 aliphatic rings. The minimum atomic E-state index is -3.84. The molecule has 2 aromatic carbocycles. The average Bonchev–Trinajstić information content (AvgIpc) is 2.36. The van der Waals surface area contributed by atoms with E-state index in [0.29, 0.717) is 11.1 Å². The summed E-state index contributed by atoms with van der Waals surface area (Å²) in [6.45, 7) is 1.68. The zero-order chi connectivity index (χ0) is 14.9. The standard InChI is InChI=1S/C14H13F2NO2S/c1-9-2-3-11(15)6-10(9)8-20(18,19)14-7-12(16)4-5-13(14)17/h2-7H,8,17H2,1H3. The number of nitrogen functional groups attached to an aromatic ring is 1. The van der Waals surface area contributed by atoms with Gasteiger partial charge in [0, 0.05) is 0 Å². The normalized spacial score (nSPS) is 11.6. The van der Waals surface area contributed by atoms with Crippen molar-refractivity contribution in [3.8, 4) is 0 Å². The summed E-state index contributed by atoms with van der Waals surface area (Å²) in [7, 11) is -3.84. The van der Waals surface area contributed by atoms with E-state index in [1.54, 1.807) is 6.92 Å². The molecular weight excluding hydrogens is 284 g/mol. The summed E-state index contributed by atoms with van der Waals surface area (Å²) in [5.74, 6) is -1.63. The summed E-state index contributed by atoms with van der Waals surface area (Å²) in [6, 6.07) is 7.06. The Labute approximate surface area is 116 Å². The third kappa shape index (κ3) is 2.96. The van der Waals surface area contributed by atoms with E-state index in [4.69, 9.17) is 5.73 Å². The zero-order valence-electron chi connectivity index (χ0n) is 10.7. The Balaban J connectivity index is 2.46. The highest BCUT2D eigenvalue weighted by Gasteiger charge is 2.20. The van der Waals surface area contributed by atoms with E-state index < -0.39 is 27.2 Å². The number of benzene rings is 2. The lowest BCUT2D eigenvalue weighted by atomic mass is 10.1. The first-order valence-corrected chi connectivity index (χ1v) is 7.47. The maximum atomic E-state index is 13.2. The van der Waals surface area contributed by atoms with Crippen LogP contribution in [-0.2, 0) is 15.6 Å². The van der Waals surface area contributed by atoms with Crippen molar-refractivity contribution in [1.29, 1.82) is 0 Å². The summed E-state index contributed by atoms with van der Waals surface area (Å²) in [6.07, 6.45) is 0. The molecule has 0 spiro atoms. The lowest BCUT2D eigenvalue weighted by Gasteiger charge is -2.10. The van der Waals surface area contributed by atoms with Crippen molar-refractivity contribution in [2.75, 3.05) is 5.73 Å². The lowest BCUT2D eigenvalue weighted by Crippen LogP contribution is -2.09. The molecule has 0 amide bonds. The van der Waals surface area contributed by atoms with Gasteiger partial charge in [0.1, 0.15) is 11.6 Å². The number of aryl methyl sites for hydroxylation is 1. The van der Waals surface area contributed by atoms with Crippen molar-refractivity contribution < 1.29 is 17.2 Å². The third-order valence-electron chi connectivity index (χ3n) is 2.97. The van der Waals surface area contributed by atoms with Gasteiger partial charge in [-0.05, 0) is 48.4 Å². The largest absolute Gasteiger partial charge is 0.398 e. The Morgan fingerprint density at radius 3 is 2.35 bits per heavy atom. The van der Waals surface area contributed by atoms with E-state index in [0.717, 1.165) is 18.2 Å². The second-order valence-electron chi connectivity index (χ2n) is 4.51. The molecule has 0 radical (unpaired) electrons. The van der Waals surface area contributed by atoms with Crippen molar-refractivity contribution in [2.45, 2.75) is 17.6 Å². The van der Waals surface area contributed by atoms with Crippen LogP contribution in [0.2, 0.25) is 0 Å². The van der Waals surface area contributed by atoms with Gasteiger partial charge in [-0.25, -0.2) is 17.2 Å². The van der Waals surface area contributed by atoms with Crippen LogP contribution in [0.5, 0.6) is 0 Å². The molecule has 0 aliphatic heterocycles. The topological polar surface area (TPSA) is 60.2 Å². The van der Waals surface area contributed by atoms with Crippen LogP contribution in [0.25, 0.3) is 0 Å². The van der Waals surface area contributed by atoms with Gasteiger partial charge in [0.05, 0.1) is 16.3 Å². The fraction of sp³-hybridized carbons (Fsp3) is 0.143. The maximum Gasteiger partial charge on any atom is 0.184 e. The summed E-state index contributed by atoms with van der Waals surface area (Å²) in [4.78, 5) is -0.277. The minimum absolute atomic E-state index is 0.0274. The van der Waals surface area contributed by atoms with Crippen LogP contribution in [-0.4, -0.2) is 8.42 Å². The van der Waals surface area contributed by atoms with Crippen molar-refractivity contribution in [3.05, 3.63) is 59.2 Å². The molecule has 0 aliphatic carbocycles. The Morgan fingerprint density at radius 2 is 1.65 bits per heavy atom. The predicted molar refractivity (Wildman–Crippen MR) is 72.8 cm³/mol.